The van der Waals surface area contributed by atoms with Crippen LogP contribution < -0.4 is 39.0 Å². The minimum atomic E-state index is -5.03. The molecule has 4 aromatic rings. The summed E-state index contributed by atoms with van der Waals surface area (Å²) in [5, 5.41) is 37.4. The summed E-state index contributed by atoms with van der Waals surface area (Å²) < 4.78 is 46.7. The van der Waals surface area contributed by atoms with Crippen LogP contribution in [0.25, 0.3) is 10.8 Å². The van der Waals surface area contributed by atoms with Gasteiger partial charge >= 0.3 is 29.6 Å². The zero-order chi connectivity index (χ0) is 25.9. The molecule has 4 aromatic carbocycles. The van der Waals surface area contributed by atoms with E-state index in [1.54, 1.807) is 48.5 Å². The van der Waals surface area contributed by atoms with Crippen molar-refractivity contribution < 1.29 is 62.2 Å². The number of rotatable bonds is 7. The van der Waals surface area contributed by atoms with E-state index >= 15 is 0 Å². The number of hydrogen-bond donors (Lipinski definition) is 2. The van der Waals surface area contributed by atoms with Gasteiger partial charge in [0.15, 0.2) is 11.5 Å². The van der Waals surface area contributed by atoms with E-state index in [9.17, 15) is 23.2 Å². The van der Waals surface area contributed by atoms with Crippen molar-refractivity contribution >= 4 is 43.6 Å². The number of azo groups is 2. The third-order valence-corrected chi connectivity index (χ3v) is 6.03. The molecule has 13 heteroatoms. The minimum Gasteiger partial charge on any atom is -0.744 e. The maximum absolute atomic E-state index is 12.1. The van der Waals surface area contributed by atoms with Gasteiger partial charge < -0.3 is 24.2 Å². The second-order valence-corrected chi connectivity index (χ2v) is 8.62. The molecule has 0 amide bonds. The maximum Gasteiger partial charge on any atom is 1.00 e. The fourth-order valence-corrected chi connectivity index (χ4v) is 4.18. The van der Waals surface area contributed by atoms with Gasteiger partial charge in [-0.05, 0) is 30.3 Å². The van der Waals surface area contributed by atoms with Crippen LogP contribution in [0.3, 0.4) is 0 Å². The number of methoxy groups -OCH3 is 2. The van der Waals surface area contributed by atoms with Crippen molar-refractivity contribution in [3.63, 3.8) is 0 Å². The summed E-state index contributed by atoms with van der Waals surface area (Å²) in [5.74, 6) is -0.839. The zero-order valence-corrected chi connectivity index (χ0v) is 22.8. The van der Waals surface area contributed by atoms with Gasteiger partial charge in [0.2, 0.25) is 0 Å². The number of hydrogen-bond acceptors (Lipinski definition) is 11. The van der Waals surface area contributed by atoms with Gasteiger partial charge in [-0.2, -0.15) is 0 Å². The summed E-state index contributed by atoms with van der Waals surface area (Å²) in [4.78, 5) is -0.682. The molecule has 4 rings (SSSR count). The molecule has 0 saturated heterocycles. The number of benzene rings is 4. The average Bonchev–Trinajstić information content (AvgIpc) is 2.88. The first-order valence-corrected chi connectivity index (χ1v) is 11.7. The summed E-state index contributed by atoms with van der Waals surface area (Å²) >= 11 is 0. The van der Waals surface area contributed by atoms with Gasteiger partial charge in [-0.1, -0.05) is 36.4 Å². The Labute approximate surface area is 234 Å². The molecule has 0 heterocycles. The summed E-state index contributed by atoms with van der Waals surface area (Å²) in [6.07, 6.45) is 0. The molecule has 0 bridgehead atoms. The van der Waals surface area contributed by atoms with E-state index in [1.165, 1.54) is 26.4 Å². The number of para-hydroxylation sites is 2. The van der Waals surface area contributed by atoms with E-state index in [4.69, 9.17) is 9.47 Å². The molecule has 37 heavy (non-hydrogen) atoms. The number of aromatic hydroxyl groups is 2. The summed E-state index contributed by atoms with van der Waals surface area (Å²) in [7, 11) is -2.16. The van der Waals surface area contributed by atoms with Crippen LogP contribution in [0.5, 0.6) is 23.0 Å². The van der Waals surface area contributed by atoms with Crippen LogP contribution in [0.2, 0.25) is 0 Å². The van der Waals surface area contributed by atoms with Gasteiger partial charge in [-0.3, -0.25) is 0 Å². The quantitative estimate of drug-likeness (QED) is 0.160. The SMILES string of the molecule is COc1ccccc1N=Nc1c(O)c(O)c(N=Nc2ccccc2OC)c2c(S(=O)(=O)[O-])cccc12.[Na+]. The first-order chi connectivity index (χ1) is 17.3. The standard InChI is InChI=1S/C24H20N4O7S.Na/c1-34-17-11-5-3-9-15(17)25-27-21-14-8-7-13-19(36(31,32)33)20(14)22(24(30)23(21)29)28-26-16-10-4-6-12-18(16)35-2;/h3-13,29-30H,1-2H3,(H,31,32,33);/q;+1/p-1. The van der Waals surface area contributed by atoms with Crippen molar-refractivity contribution in [2.45, 2.75) is 4.90 Å². The Morgan fingerprint density at radius 2 is 1.19 bits per heavy atom. The van der Waals surface area contributed by atoms with Crippen molar-refractivity contribution in [3.05, 3.63) is 66.7 Å². The predicted octanol–water partition coefficient (Wildman–Crippen LogP) is 3.01. The Kier molecular flexibility index (Phi) is 8.84. The summed E-state index contributed by atoms with van der Waals surface area (Å²) in [6.45, 7) is 0. The number of phenols is 2. The van der Waals surface area contributed by atoms with Gasteiger partial charge in [0.1, 0.15) is 44.4 Å². The monoisotopic (exact) mass is 530 g/mol. The first kappa shape index (κ1) is 28.0. The van der Waals surface area contributed by atoms with Gasteiger partial charge in [-0.25, -0.2) is 8.42 Å². The number of phenolic OH excluding ortho intramolecular Hbond substituents is 2. The molecule has 0 atom stereocenters. The van der Waals surface area contributed by atoms with Crippen LogP contribution in [0.15, 0.2) is 92.1 Å². The Morgan fingerprint density at radius 3 is 1.70 bits per heavy atom. The molecule has 0 aliphatic rings. The largest absolute Gasteiger partial charge is 1.00 e. The Morgan fingerprint density at radius 1 is 0.703 bits per heavy atom. The topological polar surface area (TPSA) is 166 Å². The molecule has 0 radical (unpaired) electrons. The molecule has 2 N–H and O–H groups in total. The van der Waals surface area contributed by atoms with Crippen LogP contribution in [0.4, 0.5) is 22.7 Å². The number of ether oxygens (including phenoxy) is 2. The van der Waals surface area contributed by atoms with E-state index in [1.807, 2.05) is 0 Å². The summed E-state index contributed by atoms with van der Waals surface area (Å²) in [6, 6.07) is 17.0. The second kappa shape index (κ2) is 11.7. The fourth-order valence-electron chi connectivity index (χ4n) is 3.48. The van der Waals surface area contributed by atoms with Crippen LogP contribution >= 0.6 is 0 Å². The van der Waals surface area contributed by atoms with Gasteiger partial charge in [0, 0.05) is 10.8 Å². The third kappa shape index (κ3) is 5.73. The molecule has 184 valence electrons. The zero-order valence-electron chi connectivity index (χ0n) is 20.0. The van der Waals surface area contributed by atoms with E-state index in [0.717, 1.165) is 6.07 Å². The maximum atomic E-state index is 12.1. The van der Waals surface area contributed by atoms with E-state index in [-0.39, 0.29) is 51.7 Å². The van der Waals surface area contributed by atoms with Crippen LogP contribution in [-0.2, 0) is 10.1 Å². The first-order valence-electron chi connectivity index (χ1n) is 10.3. The number of fused-ring (bicyclic) bond motifs is 1. The normalized spacial score (nSPS) is 11.6. The molecule has 0 aromatic heterocycles. The second-order valence-electron chi connectivity index (χ2n) is 7.27. The van der Waals surface area contributed by atoms with Crippen molar-refractivity contribution in [2.75, 3.05) is 14.2 Å². The molecule has 0 fully saturated rings. The van der Waals surface area contributed by atoms with Crippen LogP contribution in [0.1, 0.15) is 0 Å². The van der Waals surface area contributed by atoms with Gasteiger partial charge in [-0.15, -0.1) is 20.5 Å². The fraction of sp³-hybridized carbons (Fsp3) is 0.0833. The Balaban J connectivity index is 0.00000380. The minimum absolute atomic E-state index is 0. The Hall–Kier alpha value is -3.55. The molecule has 11 nitrogen and oxygen atoms in total. The molecular formula is C24H19N4NaO7S. The molecule has 0 spiro atoms. The van der Waals surface area contributed by atoms with Gasteiger partial charge in [0.25, 0.3) is 0 Å². The van der Waals surface area contributed by atoms with E-state index in [0.29, 0.717) is 17.2 Å². The van der Waals surface area contributed by atoms with E-state index < -0.39 is 32.2 Å². The van der Waals surface area contributed by atoms with Crippen molar-refractivity contribution in [1.82, 2.24) is 0 Å². The Bertz CT molecular complexity index is 1630. The molecule has 0 unspecified atom stereocenters. The third-order valence-electron chi connectivity index (χ3n) is 5.15. The molecule has 0 saturated carbocycles. The molecular weight excluding hydrogens is 511 g/mol. The van der Waals surface area contributed by atoms with Crippen LogP contribution in [0, 0.1) is 0 Å². The van der Waals surface area contributed by atoms with Crippen molar-refractivity contribution in [1.29, 1.82) is 0 Å². The van der Waals surface area contributed by atoms with E-state index in [2.05, 4.69) is 20.5 Å². The van der Waals surface area contributed by atoms with Gasteiger partial charge in [0.05, 0.1) is 19.1 Å². The smallest absolute Gasteiger partial charge is 0.744 e. The molecule has 0 aliphatic heterocycles. The van der Waals surface area contributed by atoms with Crippen LogP contribution in [-0.4, -0.2) is 37.4 Å². The predicted molar refractivity (Wildman–Crippen MR) is 130 cm³/mol. The summed E-state index contributed by atoms with van der Waals surface area (Å²) in [5.41, 5.74) is -0.163. The average molecular weight is 530 g/mol. The number of nitrogens with zero attached hydrogens (tertiary/aromatic N) is 4. The van der Waals surface area contributed by atoms with Crippen molar-refractivity contribution in [2.24, 2.45) is 20.5 Å². The molecule has 0 aliphatic carbocycles. The van der Waals surface area contributed by atoms with Crippen molar-refractivity contribution in [3.8, 4) is 23.0 Å².